The number of carbonyl (C=O) groups excluding carboxylic acids is 1. The summed E-state index contributed by atoms with van der Waals surface area (Å²) in [6.45, 7) is 2.70. The summed E-state index contributed by atoms with van der Waals surface area (Å²) in [5, 5.41) is 0. The Hall–Kier alpha value is -0.790. The molecule has 0 N–H and O–H groups in total. The summed E-state index contributed by atoms with van der Waals surface area (Å²) < 4.78 is 4.82. The van der Waals surface area contributed by atoms with Gasteiger partial charge in [0.25, 0.3) is 0 Å². The lowest BCUT2D eigenvalue weighted by molar-refractivity contribution is -0.139. The molecule has 1 rings (SSSR count). The summed E-state index contributed by atoms with van der Waals surface area (Å²) >= 11 is 0. The van der Waals surface area contributed by atoms with Gasteiger partial charge in [-0.1, -0.05) is 19.4 Å². The molecule has 1 atom stereocenters. The Balaban J connectivity index is 2.37. The first-order valence-electron chi connectivity index (χ1n) is 3.68. The quantitative estimate of drug-likeness (QED) is 0.543. The lowest BCUT2D eigenvalue weighted by Crippen LogP contribution is -2.15. The number of cyclic esters (lactones) is 1. The molecule has 0 aliphatic carbocycles. The average molecular weight is 140 g/mol. The molecule has 1 aliphatic heterocycles. The van der Waals surface area contributed by atoms with E-state index in [9.17, 15) is 4.79 Å². The first-order chi connectivity index (χ1) is 4.83. The summed E-state index contributed by atoms with van der Waals surface area (Å²) in [6, 6.07) is 0. The molecule has 56 valence electrons. The highest BCUT2D eigenvalue weighted by atomic mass is 16.5. The molecule has 0 aromatic heterocycles. The molecule has 2 heteroatoms. The molecule has 0 saturated carbocycles. The Labute approximate surface area is 60.9 Å². The first-order valence-corrected chi connectivity index (χ1v) is 3.68. The van der Waals surface area contributed by atoms with Crippen molar-refractivity contribution < 1.29 is 9.53 Å². The molecule has 2 nitrogen and oxygen atoms in total. The summed E-state index contributed by atoms with van der Waals surface area (Å²) in [6.07, 6.45) is 5.72. The molecule has 0 fully saturated rings. The van der Waals surface area contributed by atoms with E-state index in [1.165, 1.54) is 6.08 Å². The normalized spacial score (nSPS) is 24.5. The van der Waals surface area contributed by atoms with Gasteiger partial charge in [-0.25, -0.2) is 4.79 Å². The maximum Gasteiger partial charge on any atom is 0.330 e. The molecule has 0 aromatic carbocycles. The summed E-state index contributed by atoms with van der Waals surface area (Å²) in [4.78, 5) is 10.5. The second kappa shape index (κ2) is 3.40. The summed E-state index contributed by atoms with van der Waals surface area (Å²) in [7, 11) is 0. The van der Waals surface area contributed by atoms with Crippen LogP contribution in [0.1, 0.15) is 19.8 Å². The zero-order valence-corrected chi connectivity index (χ0v) is 6.17. The Morgan fingerprint density at radius 3 is 3.10 bits per heavy atom. The van der Waals surface area contributed by atoms with E-state index < -0.39 is 0 Å². The number of hydrogen-bond acceptors (Lipinski definition) is 2. The maximum absolute atomic E-state index is 10.5. The Morgan fingerprint density at radius 2 is 2.60 bits per heavy atom. The van der Waals surface area contributed by atoms with E-state index in [2.05, 4.69) is 6.92 Å². The molecule has 0 spiro atoms. The number of ether oxygens (including phenoxy) is 1. The van der Waals surface area contributed by atoms with E-state index in [4.69, 9.17) is 4.74 Å². The monoisotopic (exact) mass is 140 g/mol. The van der Waals surface area contributed by atoms with Crippen LogP contribution in [0.2, 0.25) is 0 Å². The fraction of sp³-hybridized carbons (Fsp3) is 0.625. The average Bonchev–Trinajstić information content (AvgIpc) is 1.95. The third-order valence-corrected chi connectivity index (χ3v) is 1.60. The molecular weight excluding hydrogens is 128 g/mol. The van der Waals surface area contributed by atoms with Gasteiger partial charge in [-0.05, 0) is 6.42 Å². The highest BCUT2D eigenvalue weighted by molar-refractivity contribution is 5.82. The molecule has 1 heterocycles. The zero-order chi connectivity index (χ0) is 7.40. The van der Waals surface area contributed by atoms with Crippen molar-refractivity contribution in [1.82, 2.24) is 0 Å². The van der Waals surface area contributed by atoms with Crippen LogP contribution in [0.3, 0.4) is 0 Å². The second-order valence-corrected chi connectivity index (χ2v) is 2.54. The lowest BCUT2D eigenvalue weighted by Gasteiger charge is -2.14. The van der Waals surface area contributed by atoms with Gasteiger partial charge in [0.1, 0.15) is 0 Å². The van der Waals surface area contributed by atoms with Crippen LogP contribution in [0.15, 0.2) is 12.2 Å². The highest BCUT2D eigenvalue weighted by Crippen LogP contribution is 2.12. The Morgan fingerprint density at radius 1 is 1.80 bits per heavy atom. The smallest absolute Gasteiger partial charge is 0.330 e. The number of hydrogen-bond donors (Lipinski definition) is 0. The van der Waals surface area contributed by atoms with E-state index in [1.807, 2.05) is 6.08 Å². The third kappa shape index (κ3) is 1.87. The minimum absolute atomic E-state index is 0.202. The van der Waals surface area contributed by atoms with Crippen molar-refractivity contribution in [3.8, 4) is 0 Å². The van der Waals surface area contributed by atoms with Gasteiger partial charge < -0.3 is 4.74 Å². The van der Waals surface area contributed by atoms with Crippen molar-refractivity contribution in [1.29, 1.82) is 0 Å². The minimum Gasteiger partial charge on any atom is -0.462 e. The largest absolute Gasteiger partial charge is 0.462 e. The van der Waals surface area contributed by atoms with Gasteiger partial charge in [0, 0.05) is 12.0 Å². The molecule has 0 aromatic rings. The van der Waals surface area contributed by atoms with Crippen LogP contribution in [0, 0.1) is 5.92 Å². The van der Waals surface area contributed by atoms with E-state index >= 15 is 0 Å². The van der Waals surface area contributed by atoms with Gasteiger partial charge in [-0.15, -0.1) is 0 Å². The molecule has 0 amide bonds. The molecule has 0 radical (unpaired) electrons. The Bertz CT molecular complexity index is 149. The van der Waals surface area contributed by atoms with Crippen molar-refractivity contribution in [3.05, 3.63) is 12.2 Å². The fourth-order valence-corrected chi connectivity index (χ4v) is 1.06. The molecule has 10 heavy (non-hydrogen) atoms. The minimum atomic E-state index is -0.202. The van der Waals surface area contributed by atoms with E-state index in [1.54, 1.807) is 0 Å². The molecule has 0 bridgehead atoms. The molecular formula is C8H12O2. The van der Waals surface area contributed by atoms with Crippen LogP contribution < -0.4 is 0 Å². The van der Waals surface area contributed by atoms with Gasteiger partial charge in [-0.2, -0.15) is 0 Å². The van der Waals surface area contributed by atoms with Crippen molar-refractivity contribution in [2.24, 2.45) is 5.92 Å². The number of esters is 1. The van der Waals surface area contributed by atoms with E-state index in [-0.39, 0.29) is 5.97 Å². The van der Waals surface area contributed by atoms with Crippen LogP contribution in [0.5, 0.6) is 0 Å². The van der Waals surface area contributed by atoms with Crippen molar-refractivity contribution in [2.45, 2.75) is 19.8 Å². The first kappa shape index (κ1) is 7.32. The van der Waals surface area contributed by atoms with E-state index in [0.29, 0.717) is 12.5 Å². The predicted molar refractivity (Wildman–Crippen MR) is 38.5 cm³/mol. The van der Waals surface area contributed by atoms with Crippen molar-refractivity contribution >= 4 is 5.97 Å². The van der Waals surface area contributed by atoms with Gasteiger partial charge in [0.15, 0.2) is 0 Å². The maximum atomic E-state index is 10.5. The highest BCUT2D eigenvalue weighted by Gasteiger charge is 2.11. The van der Waals surface area contributed by atoms with Crippen molar-refractivity contribution in [3.63, 3.8) is 0 Å². The van der Waals surface area contributed by atoms with Crippen molar-refractivity contribution in [2.75, 3.05) is 6.61 Å². The lowest BCUT2D eigenvalue weighted by atomic mass is 10.0. The predicted octanol–water partition coefficient (Wildman–Crippen LogP) is 1.52. The van der Waals surface area contributed by atoms with Crippen LogP contribution in [0.4, 0.5) is 0 Å². The molecule has 1 aliphatic rings. The molecule has 1 unspecified atom stereocenters. The summed E-state index contributed by atoms with van der Waals surface area (Å²) in [5.74, 6) is 0.259. The molecule has 0 saturated heterocycles. The van der Waals surface area contributed by atoms with Crippen LogP contribution in [-0.2, 0) is 9.53 Å². The number of carbonyl (C=O) groups is 1. The van der Waals surface area contributed by atoms with Gasteiger partial charge in [0.2, 0.25) is 0 Å². The van der Waals surface area contributed by atoms with Crippen LogP contribution in [-0.4, -0.2) is 12.6 Å². The standard InChI is InChI=1S/C8H12O2/c1-2-3-7-4-5-8(9)10-6-7/h4-5,7H,2-3,6H2,1H3. The van der Waals surface area contributed by atoms with Gasteiger partial charge in [0.05, 0.1) is 6.61 Å². The fourth-order valence-electron chi connectivity index (χ4n) is 1.06. The third-order valence-electron chi connectivity index (χ3n) is 1.60. The second-order valence-electron chi connectivity index (χ2n) is 2.54. The van der Waals surface area contributed by atoms with Gasteiger partial charge >= 0.3 is 5.97 Å². The zero-order valence-electron chi connectivity index (χ0n) is 6.17. The van der Waals surface area contributed by atoms with E-state index in [0.717, 1.165) is 12.8 Å². The van der Waals surface area contributed by atoms with Crippen LogP contribution in [0.25, 0.3) is 0 Å². The van der Waals surface area contributed by atoms with Crippen LogP contribution >= 0.6 is 0 Å². The topological polar surface area (TPSA) is 26.3 Å². The SMILES string of the molecule is CCCC1C=CC(=O)OC1. The Kier molecular flexibility index (Phi) is 2.49. The van der Waals surface area contributed by atoms with Gasteiger partial charge in [-0.3, -0.25) is 0 Å². The summed E-state index contributed by atoms with van der Waals surface area (Å²) in [5.41, 5.74) is 0. The number of rotatable bonds is 2.